The van der Waals surface area contributed by atoms with E-state index in [0.717, 1.165) is 11.3 Å². The number of nitrogens with zero attached hydrogens (tertiary/aromatic N) is 1. The summed E-state index contributed by atoms with van der Waals surface area (Å²) in [5.41, 5.74) is 1.55. The number of carbonyl (C=O) groups excluding carboxylic acids is 1. The molecule has 0 fully saturated rings. The Kier molecular flexibility index (Phi) is 6.54. The van der Waals surface area contributed by atoms with Crippen molar-refractivity contribution in [2.24, 2.45) is 10.9 Å². The normalized spacial score (nSPS) is 13.8. The largest absolute Gasteiger partial charge is 0.493 e. The van der Waals surface area contributed by atoms with Gasteiger partial charge in [0.05, 0.1) is 12.9 Å². The minimum Gasteiger partial charge on any atom is -0.493 e. The lowest BCUT2D eigenvalue weighted by atomic mass is 10.1. The zero-order valence-corrected chi connectivity index (χ0v) is 12.7. The second kappa shape index (κ2) is 8.15. The van der Waals surface area contributed by atoms with Crippen molar-refractivity contribution in [3.63, 3.8) is 0 Å². The lowest BCUT2D eigenvalue weighted by Crippen LogP contribution is -2.24. The summed E-state index contributed by atoms with van der Waals surface area (Å²) in [6.45, 7) is 0.482. The molecule has 0 saturated heterocycles. The van der Waals surface area contributed by atoms with E-state index in [9.17, 15) is 13.2 Å². The minimum absolute atomic E-state index is 0.209. The van der Waals surface area contributed by atoms with Crippen LogP contribution in [0.1, 0.15) is 12.0 Å². The fourth-order valence-corrected chi connectivity index (χ4v) is 1.63. The van der Waals surface area contributed by atoms with Crippen molar-refractivity contribution in [3.05, 3.63) is 35.4 Å². The molecule has 0 aromatic heterocycles. The fraction of sp³-hybridized carbons (Fsp3) is 0.231. The molecule has 1 aromatic rings. The zero-order valence-electron chi connectivity index (χ0n) is 11.9. The first-order valence-electron chi connectivity index (χ1n) is 6.18. The van der Waals surface area contributed by atoms with E-state index in [4.69, 9.17) is 15.1 Å². The summed E-state index contributed by atoms with van der Waals surface area (Å²) in [5.74, 6) is 5.51. The number of hydrogen-bond acceptors (Lipinski definition) is 6. The highest BCUT2D eigenvalue weighted by Crippen LogP contribution is 2.25. The number of rotatable bonds is 2. The summed E-state index contributed by atoms with van der Waals surface area (Å²) in [7, 11) is -3.67. The molecule has 4 N–H and O–H groups in total. The molecule has 0 aliphatic carbocycles. The predicted octanol–water partition coefficient (Wildman–Crippen LogP) is 0.375. The van der Waals surface area contributed by atoms with Crippen molar-refractivity contribution < 1.29 is 22.5 Å². The number of nitrogens with two attached hydrogens (primary N) is 1. The Labute approximate surface area is 128 Å². The van der Waals surface area contributed by atoms with Crippen LogP contribution in [0.15, 0.2) is 34.9 Å². The van der Waals surface area contributed by atoms with E-state index >= 15 is 0 Å². The molecule has 2 rings (SSSR count). The molecule has 0 saturated carbocycles. The molecule has 0 bridgehead atoms. The molecule has 1 aromatic carbocycles. The minimum atomic E-state index is -3.67. The molecule has 22 heavy (non-hydrogen) atoms. The van der Waals surface area contributed by atoms with E-state index in [0.29, 0.717) is 24.9 Å². The van der Waals surface area contributed by atoms with Gasteiger partial charge in [0.2, 0.25) is 0 Å². The molecule has 8 nitrogen and oxygen atoms in total. The Bertz CT molecular complexity index is 675. The summed E-state index contributed by atoms with van der Waals surface area (Å²) < 4.78 is 31.4. The lowest BCUT2D eigenvalue weighted by molar-refractivity contribution is -0.116. The van der Waals surface area contributed by atoms with Gasteiger partial charge < -0.3 is 15.9 Å². The van der Waals surface area contributed by atoms with Crippen LogP contribution in [0, 0.1) is 0 Å². The Balaban J connectivity index is 0.000000422. The van der Waals surface area contributed by atoms with Gasteiger partial charge in [-0.05, 0) is 12.1 Å². The average molecular weight is 327 g/mol. The van der Waals surface area contributed by atoms with Gasteiger partial charge in [-0.3, -0.25) is 9.35 Å². The van der Waals surface area contributed by atoms with Crippen LogP contribution in [0.25, 0.3) is 6.08 Å². The third kappa shape index (κ3) is 6.86. The molecule has 0 spiro atoms. The molecule has 0 radical (unpaired) electrons. The molecule has 1 heterocycles. The number of hydrazone groups is 1. The standard InChI is InChI=1S/C12H13N3O2.CH4O3S/c13-15-8-14-12(16)10-5-6-17-11-4-2-1-3-9(11)7-10;1-5(2,3)4/h1-4,7-8H,5-6,13H2,(H,14,15,16);1H3,(H,2,3,4). The highest BCUT2D eigenvalue weighted by Gasteiger charge is 2.14. The lowest BCUT2D eigenvalue weighted by Gasteiger charge is -2.04. The van der Waals surface area contributed by atoms with Gasteiger partial charge in [-0.25, -0.2) is 0 Å². The number of hydrogen-bond donors (Lipinski definition) is 3. The summed E-state index contributed by atoms with van der Waals surface area (Å²) in [6.07, 6.45) is 4.26. The van der Waals surface area contributed by atoms with E-state index in [-0.39, 0.29) is 5.91 Å². The van der Waals surface area contributed by atoms with Crippen molar-refractivity contribution in [1.82, 2.24) is 5.32 Å². The maximum atomic E-state index is 11.7. The Morgan fingerprint density at radius 2 is 2.09 bits per heavy atom. The van der Waals surface area contributed by atoms with Crippen LogP contribution in [0.4, 0.5) is 0 Å². The first-order valence-corrected chi connectivity index (χ1v) is 8.03. The number of fused-ring (bicyclic) bond motifs is 1. The Morgan fingerprint density at radius 3 is 2.73 bits per heavy atom. The zero-order chi connectivity index (χ0) is 16.6. The molecule has 1 amide bonds. The Hall–Kier alpha value is -2.39. The number of carbonyl (C=O) groups is 1. The third-order valence-electron chi connectivity index (χ3n) is 2.44. The van der Waals surface area contributed by atoms with Gasteiger partial charge in [0, 0.05) is 17.6 Å². The van der Waals surface area contributed by atoms with Gasteiger partial charge in [-0.1, -0.05) is 18.2 Å². The van der Waals surface area contributed by atoms with Crippen molar-refractivity contribution >= 4 is 28.4 Å². The van der Waals surface area contributed by atoms with E-state index < -0.39 is 10.1 Å². The van der Waals surface area contributed by atoms with Crippen molar-refractivity contribution in [2.75, 3.05) is 12.9 Å². The monoisotopic (exact) mass is 327 g/mol. The van der Waals surface area contributed by atoms with Gasteiger partial charge in [0.1, 0.15) is 12.1 Å². The van der Waals surface area contributed by atoms with Crippen LogP contribution in [0.3, 0.4) is 0 Å². The summed E-state index contributed by atoms with van der Waals surface area (Å²) in [5, 5.41) is 5.70. The van der Waals surface area contributed by atoms with Gasteiger partial charge >= 0.3 is 0 Å². The topological polar surface area (TPSA) is 131 Å². The third-order valence-corrected chi connectivity index (χ3v) is 2.44. The van der Waals surface area contributed by atoms with E-state index in [2.05, 4.69) is 10.4 Å². The molecule has 1 aliphatic rings. The molecule has 120 valence electrons. The maximum Gasteiger partial charge on any atom is 0.261 e. The molecule has 0 atom stereocenters. The molecule has 1 aliphatic heterocycles. The quantitative estimate of drug-likeness (QED) is 0.236. The molecular weight excluding hydrogens is 310 g/mol. The summed E-state index contributed by atoms with van der Waals surface area (Å²) in [6, 6.07) is 7.60. The van der Waals surface area contributed by atoms with Gasteiger partial charge in [0.25, 0.3) is 16.0 Å². The van der Waals surface area contributed by atoms with Crippen LogP contribution >= 0.6 is 0 Å². The van der Waals surface area contributed by atoms with Crippen molar-refractivity contribution in [3.8, 4) is 5.75 Å². The average Bonchev–Trinajstić information content (AvgIpc) is 2.65. The maximum absolute atomic E-state index is 11.7. The van der Waals surface area contributed by atoms with Crippen LogP contribution in [-0.2, 0) is 14.9 Å². The SMILES string of the molecule is CS(=O)(=O)O.NN=CNC(=O)C1=Cc2ccccc2OCC1. The fourth-order valence-electron chi connectivity index (χ4n) is 1.63. The molecular formula is C13H17N3O5S. The number of benzene rings is 1. The van der Waals surface area contributed by atoms with Crippen molar-refractivity contribution in [2.45, 2.75) is 6.42 Å². The van der Waals surface area contributed by atoms with Gasteiger partial charge in [-0.15, -0.1) is 0 Å². The summed E-state index contributed by atoms with van der Waals surface area (Å²) in [4.78, 5) is 11.7. The highest BCUT2D eigenvalue weighted by molar-refractivity contribution is 7.85. The molecule has 0 unspecified atom stereocenters. The van der Waals surface area contributed by atoms with E-state index in [1.54, 1.807) is 0 Å². The van der Waals surface area contributed by atoms with Crippen LogP contribution < -0.4 is 15.9 Å². The summed E-state index contributed by atoms with van der Waals surface area (Å²) >= 11 is 0. The number of para-hydroxylation sites is 1. The first-order chi connectivity index (χ1) is 10.3. The number of amides is 1. The second-order valence-corrected chi connectivity index (χ2v) is 5.76. The van der Waals surface area contributed by atoms with Crippen LogP contribution in [0.5, 0.6) is 5.75 Å². The van der Waals surface area contributed by atoms with Gasteiger partial charge in [-0.2, -0.15) is 13.5 Å². The number of nitrogens with one attached hydrogen (secondary N) is 1. The van der Waals surface area contributed by atoms with Gasteiger partial charge in [0.15, 0.2) is 0 Å². The van der Waals surface area contributed by atoms with Crippen LogP contribution in [0.2, 0.25) is 0 Å². The van der Waals surface area contributed by atoms with Crippen molar-refractivity contribution in [1.29, 1.82) is 0 Å². The number of ether oxygens (including phenoxy) is 1. The van der Waals surface area contributed by atoms with E-state index in [1.165, 1.54) is 6.34 Å². The first kappa shape index (κ1) is 17.7. The molecule has 9 heteroatoms. The predicted molar refractivity (Wildman–Crippen MR) is 82.8 cm³/mol. The highest BCUT2D eigenvalue weighted by atomic mass is 32.2. The smallest absolute Gasteiger partial charge is 0.261 e. The van der Waals surface area contributed by atoms with E-state index in [1.807, 2.05) is 30.3 Å². The Morgan fingerprint density at radius 1 is 1.45 bits per heavy atom. The second-order valence-electron chi connectivity index (χ2n) is 4.29. The van der Waals surface area contributed by atoms with Crippen LogP contribution in [-0.4, -0.2) is 38.1 Å².